The predicted octanol–water partition coefficient (Wildman–Crippen LogP) is 1.81. The zero-order valence-corrected chi connectivity index (χ0v) is 7.88. The van der Waals surface area contributed by atoms with E-state index in [1.54, 1.807) is 12.1 Å². The van der Waals surface area contributed by atoms with Crippen LogP contribution in [0.25, 0.3) is 4.85 Å². The summed E-state index contributed by atoms with van der Waals surface area (Å²) in [7, 11) is -3.51. The Morgan fingerprint density at radius 3 is 2.31 bits per heavy atom. The third-order valence-electron chi connectivity index (χ3n) is 1.54. The standard InChI is InChI=1S/C9H8NO2S/c1-8-3-5-9(6-4-8)13(11,12)7-10-2/h3-7H,1H3. The van der Waals surface area contributed by atoms with E-state index in [-0.39, 0.29) is 4.90 Å². The second kappa shape index (κ2) is 3.58. The fourth-order valence-electron chi connectivity index (χ4n) is 0.858. The number of nitrogens with zero attached hydrogens (tertiary/aromatic N) is 1. The van der Waals surface area contributed by atoms with Crippen molar-refractivity contribution < 1.29 is 8.42 Å². The van der Waals surface area contributed by atoms with Gasteiger partial charge in [0.2, 0.25) is 0 Å². The van der Waals surface area contributed by atoms with Gasteiger partial charge in [0, 0.05) is 0 Å². The van der Waals surface area contributed by atoms with E-state index in [2.05, 4.69) is 4.85 Å². The number of hydrogen-bond donors (Lipinski definition) is 0. The summed E-state index contributed by atoms with van der Waals surface area (Å²) < 4.78 is 22.5. The molecule has 1 aromatic carbocycles. The molecule has 0 aromatic heterocycles. The highest BCUT2D eigenvalue weighted by molar-refractivity contribution is 7.93. The first-order chi connectivity index (χ1) is 6.06. The van der Waals surface area contributed by atoms with Crippen LogP contribution < -0.4 is 0 Å². The molecule has 0 fully saturated rings. The van der Waals surface area contributed by atoms with Crippen LogP contribution in [-0.4, -0.2) is 8.42 Å². The molecule has 0 spiro atoms. The molecule has 1 radical (unpaired) electrons. The van der Waals surface area contributed by atoms with Gasteiger partial charge >= 0.3 is 5.88 Å². The van der Waals surface area contributed by atoms with Crippen LogP contribution in [0.3, 0.4) is 0 Å². The summed E-state index contributed by atoms with van der Waals surface area (Å²) in [5.41, 5.74) is 0.988. The Labute approximate surface area is 77.8 Å². The highest BCUT2D eigenvalue weighted by atomic mass is 32.2. The van der Waals surface area contributed by atoms with Crippen LogP contribution in [-0.2, 0) is 9.84 Å². The SMILES string of the molecule is [C-]#[N+][CH]S(=O)(=O)c1ccc(C)cc1. The Kier molecular flexibility index (Phi) is 2.69. The van der Waals surface area contributed by atoms with Crippen molar-refractivity contribution in [2.45, 2.75) is 11.8 Å². The van der Waals surface area contributed by atoms with Crippen molar-refractivity contribution in [3.8, 4) is 0 Å². The van der Waals surface area contributed by atoms with Crippen LogP contribution >= 0.6 is 0 Å². The van der Waals surface area contributed by atoms with E-state index in [9.17, 15) is 8.42 Å². The van der Waals surface area contributed by atoms with Gasteiger partial charge in [0.25, 0.3) is 9.84 Å². The van der Waals surface area contributed by atoms with E-state index in [1.165, 1.54) is 12.1 Å². The van der Waals surface area contributed by atoms with E-state index >= 15 is 0 Å². The van der Waals surface area contributed by atoms with Crippen molar-refractivity contribution in [1.29, 1.82) is 0 Å². The maximum Gasteiger partial charge on any atom is 0.412 e. The van der Waals surface area contributed by atoms with Gasteiger partial charge < -0.3 is 0 Å². The smallest absolute Gasteiger partial charge is 0.286 e. The average molecular weight is 194 g/mol. The summed E-state index contributed by atoms with van der Waals surface area (Å²) in [5, 5.41) is 0. The fraction of sp³-hybridized carbons (Fsp3) is 0.111. The monoisotopic (exact) mass is 194 g/mol. The van der Waals surface area contributed by atoms with Gasteiger partial charge in [-0.15, -0.1) is 0 Å². The van der Waals surface area contributed by atoms with E-state index in [0.29, 0.717) is 5.88 Å². The number of aryl methyl sites for hydroxylation is 1. The topological polar surface area (TPSA) is 38.5 Å². The molecule has 0 unspecified atom stereocenters. The molecular weight excluding hydrogens is 186 g/mol. The largest absolute Gasteiger partial charge is 0.412 e. The van der Waals surface area contributed by atoms with Crippen LogP contribution in [0.4, 0.5) is 0 Å². The van der Waals surface area contributed by atoms with Crippen molar-refractivity contribution in [3.63, 3.8) is 0 Å². The number of rotatable bonds is 2. The molecule has 3 nitrogen and oxygen atoms in total. The minimum Gasteiger partial charge on any atom is -0.286 e. The van der Waals surface area contributed by atoms with Crippen LogP contribution in [0.1, 0.15) is 5.56 Å². The fourth-order valence-corrected chi connectivity index (χ4v) is 1.63. The zero-order chi connectivity index (χ0) is 9.90. The number of sulfone groups is 1. The molecule has 0 amide bonds. The molecule has 1 aromatic rings. The maximum atomic E-state index is 11.3. The lowest BCUT2D eigenvalue weighted by Gasteiger charge is -1.96. The first-order valence-corrected chi connectivity index (χ1v) is 5.12. The lowest BCUT2D eigenvalue weighted by Crippen LogP contribution is -1.98. The maximum absolute atomic E-state index is 11.3. The molecule has 0 atom stereocenters. The van der Waals surface area contributed by atoms with Crippen LogP contribution in [0.2, 0.25) is 0 Å². The summed E-state index contributed by atoms with van der Waals surface area (Å²) in [5.74, 6) is 0.623. The lowest BCUT2D eigenvalue weighted by atomic mass is 10.2. The van der Waals surface area contributed by atoms with Crippen LogP contribution in [0, 0.1) is 19.4 Å². The van der Waals surface area contributed by atoms with E-state index in [0.717, 1.165) is 5.56 Å². The Hall–Kier alpha value is -1.34. The lowest BCUT2D eigenvalue weighted by molar-refractivity contribution is 0.602. The third kappa shape index (κ3) is 2.30. The highest BCUT2D eigenvalue weighted by Crippen LogP contribution is 2.14. The van der Waals surface area contributed by atoms with Gasteiger partial charge in [0.05, 0.1) is 4.90 Å². The first-order valence-electron chi connectivity index (χ1n) is 3.58. The van der Waals surface area contributed by atoms with E-state index in [4.69, 9.17) is 6.57 Å². The number of hydrogen-bond acceptors (Lipinski definition) is 2. The van der Waals surface area contributed by atoms with Gasteiger partial charge in [-0.25, -0.2) is 15.0 Å². The van der Waals surface area contributed by atoms with Crippen molar-refractivity contribution in [3.05, 3.63) is 47.1 Å². The summed E-state index contributed by atoms with van der Waals surface area (Å²) in [6, 6.07) is 6.38. The molecule has 1 rings (SSSR count). The molecule has 0 aliphatic heterocycles. The Balaban J connectivity index is 3.11. The van der Waals surface area contributed by atoms with Gasteiger partial charge in [-0.3, -0.25) is 4.85 Å². The van der Waals surface area contributed by atoms with E-state index < -0.39 is 9.84 Å². The predicted molar refractivity (Wildman–Crippen MR) is 49.3 cm³/mol. The average Bonchev–Trinajstić information content (AvgIpc) is 2.05. The van der Waals surface area contributed by atoms with Crippen LogP contribution in [0.5, 0.6) is 0 Å². The van der Waals surface area contributed by atoms with Gasteiger partial charge in [0.15, 0.2) is 0 Å². The molecule has 0 heterocycles. The highest BCUT2D eigenvalue weighted by Gasteiger charge is 2.18. The first kappa shape index (κ1) is 9.75. The minimum absolute atomic E-state index is 0.161. The summed E-state index contributed by atoms with van der Waals surface area (Å²) in [6.07, 6.45) is 0. The van der Waals surface area contributed by atoms with Crippen molar-refractivity contribution >= 4 is 9.84 Å². The van der Waals surface area contributed by atoms with Gasteiger partial charge in [-0.05, 0) is 19.1 Å². The minimum atomic E-state index is -3.51. The van der Waals surface area contributed by atoms with Gasteiger partial charge in [0.1, 0.15) is 0 Å². The Morgan fingerprint density at radius 1 is 1.31 bits per heavy atom. The summed E-state index contributed by atoms with van der Waals surface area (Å²) in [4.78, 5) is 2.90. The Bertz CT molecular complexity index is 426. The molecule has 13 heavy (non-hydrogen) atoms. The quantitative estimate of drug-likeness (QED) is 0.673. The van der Waals surface area contributed by atoms with E-state index in [1.807, 2.05) is 6.92 Å². The summed E-state index contributed by atoms with van der Waals surface area (Å²) >= 11 is 0. The third-order valence-corrected chi connectivity index (χ3v) is 2.85. The molecule has 0 saturated carbocycles. The molecule has 0 aliphatic rings. The molecule has 0 aliphatic carbocycles. The Morgan fingerprint density at radius 2 is 1.85 bits per heavy atom. The molecule has 0 bridgehead atoms. The van der Waals surface area contributed by atoms with Gasteiger partial charge in [-0.1, -0.05) is 17.7 Å². The number of benzene rings is 1. The molecule has 0 saturated heterocycles. The molecule has 4 heteroatoms. The second-order valence-corrected chi connectivity index (χ2v) is 4.36. The van der Waals surface area contributed by atoms with Crippen molar-refractivity contribution in [1.82, 2.24) is 0 Å². The normalized spacial score (nSPS) is 10.8. The zero-order valence-electron chi connectivity index (χ0n) is 7.06. The van der Waals surface area contributed by atoms with Crippen molar-refractivity contribution in [2.24, 2.45) is 0 Å². The molecular formula is C9H8NO2S. The summed E-state index contributed by atoms with van der Waals surface area (Å²) in [6.45, 7) is 8.31. The second-order valence-electron chi connectivity index (χ2n) is 2.59. The molecule has 67 valence electrons. The van der Waals surface area contributed by atoms with Gasteiger partial charge in [-0.2, -0.15) is 0 Å². The molecule has 0 N–H and O–H groups in total. The van der Waals surface area contributed by atoms with Crippen LogP contribution in [0.15, 0.2) is 29.2 Å². The van der Waals surface area contributed by atoms with Crippen molar-refractivity contribution in [2.75, 3.05) is 0 Å².